The number of carboxylic acids is 1. The largest absolute Gasteiger partial charge is 0.508 e. The normalized spacial score (nSPS) is 21.3. The lowest BCUT2D eigenvalue weighted by Crippen LogP contribution is -2.38. The van der Waals surface area contributed by atoms with Crippen molar-refractivity contribution < 1.29 is 24.9 Å². The molecular weight excluding hydrogens is 248 g/mol. The van der Waals surface area contributed by atoms with Crippen molar-refractivity contribution in [3.05, 3.63) is 48.1 Å². The average Bonchev–Trinajstić information content (AvgIpc) is 2.38. The highest BCUT2D eigenvalue weighted by Gasteiger charge is 2.44. The van der Waals surface area contributed by atoms with Gasteiger partial charge in [-0.25, -0.2) is 0 Å². The highest BCUT2D eigenvalue weighted by molar-refractivity contribution is 6.15. The number of phenolic OH excluding ortho intramolecular Hbond substituents is 2. The molecule has 98 valence electrons. The monoisotopic (exact) mass is 260 g/mol. The Balaban J connectivity index is 2.49. The van der Waals surface area contributed by atoms with Crippen LogP contribution in [0.2, 0.25) is 0 Å². The van der Waals surface area contributed by atoms with Gasteiger partial charge >= 0.3 is 5.97 Å². The summed E-state index contributed by atoms with van der Waals surface area (Å²) in [7, 11) is 0. The second-order valence-corrected chi connectivity index (χ2v) is 4.30. The maximum atomic E-state index is 12.4. The minimum Gasteiger partial charge on any atom is -0.508 e. The average molecular weight is 260 g/mol. The number of aromatic hydroxyl groups is 2. The Morgan fingerprint density at radius 1 is 1.16 bits per heavy atom. The molecule has 1 aliphatic carbocycles. The quantitative estimate of drug-likeness (QED) is 0.569. The van der Waals surface area contributed by atoms with Gasteiger partial charge in [-0.3, -0.25) is 9.59 Å². The van der Waals surface area contributed by atoms with Gasteiger partial charge < -0.3 is 15.3 Å². The molecule has 5 heteroatoms. The third-order valence-corrected chi connectivity index (χ3v) is 3.08. The smallest absolute Gasteiger partial charge is 0.321 e. The molecule has 0 amide bonds. The fourth-order valence-electron chi connectivity index (χ4n) is 2.00. The molecule has 0 bridgehead atoms. The molecule has 5 nitrogen and oxygen atoms in total. The zero-order chi connectivity index (χ0) is 14.0. The molecular formula is C14H12O5. The molecule has 0 saturated heterocycles. The van der Waals surface area contributed by atoms with E-state index in [1.54, 1.807) is 12.2 Å². The Bertz CT molecular complexity index is 600. The van der Waals surface area contributed by atoms with Crippen LogP contribution >= 0.6 is 0 Å². The van der Waals surface area contributed by atoms with Crippen LogP contribution in [0.1, 0.15) is 16.8 Å². The first-order valence-corrected chi connectivity index (χ1v) is 5.62. The van der Waals surface area contributed by atoms with Crippen LogP contribution < -0.4 is 0 Å². The number of hydrogen-bond donors (Lipinski definition) is 3. The summed E-state index contributed by atoms with van der Waals surface area (Å²) in [5, 5.41) is 28.2. The number of carbonyl (C=O) groups excluding carboxylic acids is 1. The van der Waals surface area contributed by atoms with Crippen LogP contribution in [-0.4, -0.2) is 27.1 Å². The summed E-state index contributed by atoms with van der Waals surface area (Å²) in [6.45, 7) is 0. The number of carboxylic acid groups (broad SMARTS) is 1. The SMILES string of the molecule is O=C(O)C1(C(=O)c2ccc(O)cc2O)C=CC=CC1. The van der Waals surface area contributed by atoms with Gasteiger partial charge in [-0.05, 0) is 18.6 Å². The number of Topliss-reactive ketones (excluding diaryl/α,β-unsaturated/α-hetero) is 1. The van der Waals surface area contributed by atoms with Crippen LogP contribution in [0.3, 0.4) is 0 Å². The first-order chi connectivity index (χ1) is 8.97. The Morgan fingerprint density at radius 3 is 2.42 bits per heavy atom. The minimum atomic E-state index is -1.71. The molecule has 19 heavy (non-hydrogen) atoms. The van der Waals surface area contributed by atoms with Crippen LogP contribution in [0.15, 0.2) is 42.5 Å². The molecule has 1 atom stereocenters. The molecule has 0 fully saturated rings. The first-order valence-electron chi connectivity index (χ1n) is 5.62. The van der Waals surface area contributed by atoms with Crippen LogP contribution in [0.4, 0.5) is 0 Å². The number of benzene rings is 1. The Morgan fingerprint density at radius 2 is 1.89 bits per heavy atom. The van der Waals surface area contributed by atoms with E-state index in [1.165, 1.54) is 24.3 Å². The number of aliphatic carboxylic acids is 1. The first kappa shape index (κ1) is 12.9. The van der Waals surface area contributed by atoms with E-state index < -0.39 is 22.9 Å². The van der Waals surface area contributed by atoms with Gasteiger partial charge in [0.15, 0.2) is 11.2 Å². The van der Waals surface area contributed by atoms with Crippen molar-refractivity contribution in [1.82, 2.24) is 0 Å². The van der Waals surface area contributed by atoms with Crippen LogP contribution in [-0.2, 0) is 4.79 Å². The van der Waals surface area contributed by atoms with Gasteiger partial charge in [0.05, 0.1) is 5.56 Å². The molecule has 1 aliphatic rings. The van der Waals surface area contributed by atoms with E-state index in [4.69, 9.17) is 0 Å². The third-order valence-electron chi connectivity index (χ3n) is 3.08. The van der Waals surface area contributed by atoms with Gasteiger partial charge in [-0.2, -0.15) is 0 Å². The number of hydrogen-bond acceptors (Lipinski definition) is 4. The molecule has 3 N–H and O–H groups in total. The van der Waals surface area contributed by atoms with Crippen LogP contribution in [0, 0.1) is 5.41 Å². The third kappa shape index (κ3) is 2.10. The highest BCUT2D eigenvalue weighted by Crippen LogP contribution is 2.36. The molecule has 1 aromatic carbocycles. The van der Waals surface area contributed by atoms with Gasteiger partial charge in [-0.15, -0.1) is 0 Å². The molecule has 1 aromatic rings. The van der Waals surface area contributed by atoms with Crippen molar-refractivity contribution in [3.8, 4) is 11.5 Å². The molecule has 2 rings (SSSR count). The molecule has 0 radical (unpaired) electrons. The van der Waals surface area contributed by atoms with E-state index >= 15 is 0 Å². The topological polar surface area (TPSA) is 94.8 Å². The number of rotatable bonds is 3. The summed E-state index contributed by atoms with van der Waals surface area (Å²) in [6, 6.07) is 3.44. The van der Waals surface area contributed by atoms with Gasteiger partial charge in [-0.1, -0.05) is 24.3 Å². The maximum absolute atomic E-state index is 12.4. The van der Waals surface area contributed by atoms with Gasteiger partial charge in [0, 0.05) is 6.07 Å². The number of carbonyl (C=O) groups is 2. The van der Waals surface area contributed by atoms with E-state index in [-0.39, 0.29) is 17.7 Å². The zero-order valence-electron chi connectivity index (χ0n) is 9.91. The molecule has 0 saturated carbocycles. The number of phenols is 2. The highest BCUT2D eigenvalue weighted by atomic mass is 16.4. The van der Waals surface area contributed by atoms with Gasteiger partial charge in [0.1, 0.15) is 11.5 Å². The number of ketones is 1. The van der Waals surface area contributed by atoms with Crippen molar-refractivity contribution in [2.45, 2.75) is 6.42 Å². The van der Waals surface area contributed by atoms with Gasteiger partial charge in [0.2, 0.25) is 0 Å². The summed E-state index contributed by atoms with van der Waals surface area (Å²) < 4.78 is 0. The summed E-state index contributed by atoms with van der Waals surface area (Å²) in [5.74, 6) is -2.62. The van der Waals surface area contributed by atoms with E-state index in [0.717, 1.165) is 6.07 Å². The van der Waals surface area contributed by atoms with E-state index in [2.05, 4.69) is 0 Å². The molecule has 0 aromatic heterocycles. The van der Waals surface area contributed by atoms with E-state index in [9.17, 15) is 24.9 Å². The van der Waals surface area contributed by atoms with Crippen molar-refractivity contribution in [1.29, 1.82) is 0 Å². The molecule has 1 unspecified atom stereocenters. The van der Waals surface area contributed by atoms with Crippen molar-refractivity contribution in [3.63, 3.8) is 0 Å². The summed E-state index contributed by atoms with van der Waals surface area (Å²) in [5.41, 5.74) is -1.83. The standard InChI is InChI=1S/C14H12O5/c15-9-4-5-10(11(16)8-9)12(17)14(13(18)19)6-2-1-3-7-14/h1-6,8,15-16H,7H2,(H,18,19). The lowest BCUT2D eigenvalue weighted by Gasteiger charge is -2.25. The fraction of sp³-hybridized carbons (Fsp3) is 0.143. The van der Waals surface area contributed by atoms with Gasteiger partial charge in [0.25, 0.3) is 0 Å². The van der Waals surface area contributed by atoms with E-state index in [1.807, 2.05) is 0 Å². The van der Waals surface area contributed by atoms with Crippen LogP contribution in [0.25, 0.3) is 0 Å². The summed E-state index contributed by atoms with van der Waals surface area (Å²) in [4.78, 5) is 23.8. The summed E-state index contributed by atoms with van der Waals surface area (Å²) >= 11 is 0. The number of allylic oxidation sites excluding steroid dienone is 3. The Kier molecular flexibility index (Phi) is 3.12. The zero-order valence-corrected chi connectivity index (χ0v) is 9.91. The lowest BCUT2D eigenvalue weighted by molar-refractivity contribution is -0.143. The van der Waals surface area contributed by atoms with Crippen molar-refractivity contribution in [2.75, 3.05) is 0 Å². The molecule has 0 heterocycles. The second-order valence-electron chi connectivity index (χ2n) is 4.30. The predicted octanol–water partition coefficient (Wildman–Crippen LogP) is 1.87. The van der Waals surface area contributed by atoms with Crippen LogP contribution in [0.5, 0.6) is 11.5 Å². The maximum Gasteiger partial charge on any atom is 0.321 e. The molecule has 0 spiro atoms. The minimum absolute atomic E-state index is 0.0258. The Labute approximate surface area is 109 Å². The lowest BCUT2D eigenvalue weighted by atomic mass is 9.75. The van der Waals surface area contributed by atoms with E-state index in [0.29, 0.717) is 0 Å². The molecule has 0 aliphatic heterocycles. The second kappa shape index (κ2) is 4.61. The Hall–Kier alpha value is -2.56. The van der Waals surface area contributed by atoms with Crippen molar-refractivity contribution >= 4 is 11.8 Å². The fourth-order valence-corrected chi connectivity index (χ4v) is 2.00. The predicted molar refractivity (Wildman–Crippen MR) is 67.1 cm³/mol. The summed E-state index contributed by atoms with van der Waals surface area (Å²) in [6.07, 6.45) is 6.07. The van der Waals surface area contributed by atoms with Crippen molar-refractivity contribution in [2.24, 2.45) is 5.41 Å².